The second-order valence-electron chi connectivity index (χ2n) is 14.5. The summed E-state index contributed by atoms with van der Waals surface area (Å²) in [5, 5.41) is 13.9. The number of nitrogens with zero attached hydrogens (tertiary/aromatic N) is 2. The molecule has 6 unspecified atom stereocenters. The van der Waals surface area contributed by atoms with Gasteiger partial charge in [-0.1, -0.05) is 96.0 Å². The molecule has 2 heterocycles. The first-order valence-electron chi connectivity index (χ1n) is 16.4. The number of fused-ring (bicyclic) bond motifs is 5. The number of rotatable bonds is 3. The Morgan fingerprint density at radius 1 is 0.812 bits per heavy atom. The lowest BCUT2D eigenvalue weighted by Crippen LogP contribution is -2.53. The zero-order chi connectivity index (χ0) is 33.7. The number of phenols is 1. The fourth-order valence-corrected chi connectivity index (χ4v) is 9.44. The highest BCUT2D eigenvalue weighted by Crippen LogP contribution is 2.65. The van der Waals surface area contributed by atoms with Crippen molar-refractivity contribution in [2.45, 2.75) is 50.5 Å². The van der Waals surface area contributed by atoms with Crippen LogP contribution in [0, 0.1) is 23.7 Å². The quantitative estimate of drug-likeness (QED) is 0.186. The highest BCUT2D eigenvalue weighted by Gasteiger charge is 2.70. The van der Waals surface area contributed by atoms with Gasteiger partial charge in [0.1, 0.15) is 5.75 Å². The van der Waals surface area contributed by atoms with Gasteiger partial charge in [-0.15, -0.1) is 0 Å². The van der Waals surface area contributed by atoms with Crippen LogP contribution in [0.2, 0.25) is 5.02 Å². The second kappa shape index (κ2) is 10.6. The summed E-state index contributed by atoms with van der Waals surface area (Å²) in [7, 11) is 0. The number of aromatic hydroxyl groups is 1. The predicted molar refractivity (Wildman–Crippen MR) is 183 cm³/mol. The zero-order valence-electron chi connectivity index (χ0n) is 26.9. The summed E-state index contributed by atoms with van der Waals surface area (Å²) in [5.74, 6) is -4.65. The highest BCUT2D eigenvalue weighted by atomic mass is 35.5. The maximum absolute atomic E-state index is 15.4. The molecule has 8 rings (SSSR count). The molecular weight excluding hydrogens is 624 g/mol. The van der Waals surface area contributed by atoms with Gasteiger partial charge in [0.2, 0.25) is 23.6 Å². The third-order valence-electron chi connectivity index (χ3n) is 11.1. The number of likely N-dealkylation sites (tertiary alicyclic amines) is 1. The van der Waals surface area contributed by atoms with Crippen molar-refractivity contribution in [2.75, 3.05) is 4.90 Å². The standard InChI is InChI=1S/C40H35ClN2O5/c1-39(2,3)43-35(45)28-19-18-27-30(32(28)37(43)47)21-31-36(46)42(25-14-9-13-24(41)20-25)38(48)40(31,23-11-5-4-6-12-23)33(27)29-17-16-22-10-7-8-15-26(22)34(29)44/h4-18,20,28,30-33,44H,19,21H2,1-3H3. The molecule has 2 aliphatic carbocycles. The molecule has 242 valence electrons. The van der Waals surface area contributed by atoms with Gasteiger partial charge in [-0.05, 0) is 68.7 Å². The van der Waals surface area contributed by atoms with Gasteiger partial charge in [-0.3, -0.25) is 24.1 Å². The maximum atomic E-state index is 15.4. The first-order chi connectivity index (χ1) is 23.0. The number of hydrogen-bond acceptors (Lipinski definition) is 5. The molecule has 4 aromatic rings. The van der Waals surface area contributed by atoms with Gasteiger partial charge in [0.05, 0.1) is 28.9 Å². The average molecular weight is 659 g/mol. The van der Waals surface area contributed by atoms with Crippen molar-refractivity contribution in [3.63, 3.8) is 0 Å². The van der Waals surface area contributed by atoms with Crippen molar-refractivity contribution in [1.29, 1.82) is 0 Å². The number of amides is 4. The topological polar surface area (TPSA) is 95.0 Å². The highest BCUT2D eigenvalue weighted by molar-refractivity contribution is 6.32. The van der Waals surface area contributed by atoms with Crippen molar-refractivity contribution in [3.8, 4) is 5.75 Å². The van der Waals surface area contributed by atoms with Crippen LogP contribution in [0.5, 0.6) is 5.75 Å². The Kier molecular flexibility index (Phi) is 6.77. The van der Waals surface area contributed by atoms with Crippen molar-refractivity contribution < 1.29 is 24.3 Å². The third-order valence-corrected chi connectivity index (χ3v) is 11.3. The second-order valence-corrected chi connectivity index (χ2v) is 14.9. The van der Waals surface area contributed by atoms with E-state index < -0.39 is 46.5 Å². The number of imide groups is 2. The number of allylic oxidation sites excluding steroid dienone is 2. The van der Waals surface area contributed by atoms with Gasteiger partial charge in [0, 0.05) is 27.4 Å². The molecule has 8 heteroatoms. The Balaban J connectivity index is 1.42. The van der Waals surface area contributed by atoms with Crippen LogP contribution in [0.15, 0.2) is 103 Å². The zero-order valence-corrected chi connectivity index (χ0v) is 27.6. The van der Waals surface area contributed by atoms with Crippen LogP contribution in [-0.4, -0.2) is 39.2 Å². The molecule has 3 fully saturated rings. The number of carbonyl (C=O) groups excluding carboxylic acids is 4. The van der Waals surface area contributed by atoms with Crippen molar-refractivity contribution in [2.24, 2.45) is 23.7 Å². The van der Waals surface area contributed by atoms with Gasteiger partial charge in [-0.2, -0.15) is 0 Å². The van der Waals surface area contributed by atoms with Gasteiger partial charge < -0.3 is 5.11 Å². The van der Waals surface area contributed by atoms with Crippen LogP contribution in [0.25, 0.3) is 10.8 Å². The van der Waals surface area contributed by atoms with Gasteiger partial charge in [0.15, 0.2) is 0 Å². The van der Waals surface area contributed by atoms with Crippen molar-refractivity contribution in [3.05, 3.63) is 119 Å². The maximum Gasteiger partial charge on any atom is 0.246 e. The molecule has 0 bridgehead atoms. The van der Waals surface area contributed by atoms with Crippen molar-refractivity contribution in [1.82, 2.24) is 4.90 Å². The van der Waals surface area contributed by atoms with Crippen LogP contribution in [0.3, 0.4) is 0 Å². The molecular formula is C40H35ClN2O5. The van der Waals surface area contributed by atoms with E-state index in [9.17, 15) is 19.5 Å². The molecule has 4 aromatic carbocycles. The van der Waals surface area contributed by atoms with Crippen LogP contribution < -0.4 is 4.90 Å². The predicted octanol–water partition coefficient (Wildman–Crippen LogP) is 7.16. The minimum atomic E-state index is -1.45. The smallest absolute Gasteiger partial charge is 0.246 e. The molecule has 0 radical (unpaired) electrons. The first kappa shape index (κ1) is 30.6. The number of hydrogen-bond donors (Lipinski definition) is 1. The Hall–Kier alpha value is -4.75. The summed E-state index contributed by atoms with van der Waals surface area (Å²) < 4.78 is 0. The van der Waals surface area contributed by atoms with E-state index in [1.54, 1.807) is 24.3 Å². The van der Waals surface area contributed by atoms with E-state index in [-0.39, 0.29) is 29.9 Å². The Labute approximate surface area is 283 Å². The Bertz CT molecular complexity index is 2080. The van der Waals surface area contributed by atoms with Gasteiger partial charge >= 0.3 is 0 Å². The number of benzene rings is 4. The normalized spacial score (nSPS) is 28.4. The van der Waals surface area contributed by atoms with Crippen molar-refractivity contribution >= 4 is 51.7 Å². The summed E-state index contributed by atoms with van der Waals surface area (Å²) in [6, 6.07) is 27.3. The first-order valence-corrected chi connectivity index (χ1v) is 16.8. The summed E-state index contributed by atoms with van der Waals surface area (Å²) >= 11 is 6.40. The number of halogens is 1. The molecule has 0 aromatic heterocycles. The summed E-state index contributed by atoms with van der Waals surface area (Å²) in [4.78, 5) is 61.0. The molecule has 7 nitrogen and oxygen atoms in total. The molecule has 4 aliphatic rings. The van der Waals surface area contributed by atoms with E-state index in [4.69, 9.17) is 11.6 Å². The molecule has 1 N–H and O–H groups in total. The number of anilines is 1. The molecule has 1 saturated carbocycles. The fourth-order valence-electron chi connectivity index (χ4n) is 9.25. The van der Waals surface area contributed by atoms with Crippen LogP contribution in [0.1, 0.15) is 50.7 Å². The molecule has 2 aliphatic heterocycles. The van der Waals surface area contributed by atoms with E-state index in [0.29, 0.717) is 33.6 Å². The molecule has 2 saturated heterocycles. The fraction of sp³-hybridized carbons (Fsp3) is 0.300. The molecule has 48 heavy (non-hydrogen) atoms. The SMILES string of the molecule is CC(C)(C)N1C(=O)C2CC=C3C(CC4C(=O)N(c5cccc(Cl)c5)C(=O)C4(c4ccccc4)C3c3ccc4ccccc4c3O)C2C1=O. The van der Waals surface area contributed by atoms with Crippen LogP contribution in [-0.2, 0) is 24.6 Å². The minimum absolute atomic E-state index is 0.0300. The average Bonchev–Trinajstić information content (AvgIpc) is 3.46. The minimum Gasteiger partial charge on any atom is -0.507 e. The Morgan fingerprint density at radius 2 is 1.54 bits per heavy atom. The lowest BCUT2D eigenvalue weighted by Gasteiger charge is -2.50. The lowest BCUT2D eigenvalue weighted by molar-refractivity contribution is -0.145. The molecule has 0 spiro atoms. The summed E-state index contributed by atoms with van der Waals surface area (Å²) in [6.07, 6.45) is 2.54. The van der Waals surface area contributed by atoms with E-state index in [0.717, 1.165) is 11.0 Å². The van der Waals surface area contributed by atoms with Crippen LogP contribution in [0.4, 0.5) is 5.69 Å². The Morgan fingerprint density at radius 3 is 2.27 bits per heavy atom. The van der Waals surface area contributed by atoms with Gasteiger partial charge in [-0.25, -0.2) is 4.90 Å². The summed E-state index contributed by atoms with van der Waals surface area (Å²) in [5.41, 5.74) is 0.174. The van der Waals surface area contributed by atoms with E-state index in [2.05, 4.69) is 0 Å². The van der Waals surface area contributed by atoms with E-state index in [1.165, 1.54) is 9.80 Å². The number of carbonyl (C=O) groups is 4. The molecule has 6 atom stereocenters. The number of phenolic OH excluding ortho intramolecular Hbond substituents is 1. The molecule has 4 amide bonds. The largest absolute Gasteiger partial charge is 0.507 e. The van der Waals surface area contributed by atoms with E-state index in [1.807, 2.05) is 93.6 Å². The third kappa shape index (κ3) is 4.06. The monoisotopic (exact) mass is 658 g/mol. The summed E-state index contributed by atoms with van der Waals surface area (Å²) in [6.45, 7) is 5.56. The lowest BCUT2D eigenvalue weighted by atomic mass is 9.49. The van der Waals surface area contributed by atoms with Gasteiger partial charge in [0.25, 0.3) is 0 Å². The van der Waals surface area contributed by atoms with Crippen LogP contribution >= 0.6 is 11.6 Å². The van der Waals surface area contributed by atoms with E-state index >= 15 is 4.79 Å².